The largest absolute Gasteiger partial charge is 0.480 e. The number of nitrogens with one attached hydrogen (secondary N) is 1. The van der Waals surface area contributed by atoms with Crippen molar-refractivity contribution in [1.82, 2.24) is 5.32 Å². The lowest BCUT2D eigenvalue weighted by Crippen LogP contribution is -2.48. The van der Waals surface area contributed by atoms with E-state index in [1.807, 2.05) is 11.8 Å². The Kier molecular flexibility index (Phi) is 4.53. The van der Waals surface area contributed by atoms with Gasteiger partial charge in [-0.25, -0.2) is 0 Å². The van der Waals surface area contributed by atoms with Gasteiger partial charge in [0.05, 0.1) is 0 Å². The second-order valence-corrected chi connectivity index (χ2v) is 6.09. The van der Waals surface area contributed by atoms with E-state index < -0.39 is 5.97 Å². The van der Waals surface area contributed by atoms with E-state index in [-0.39, 0.29) is 6.04 Å². The van der Waals surface area contributed by atoms with Crippen LogP contribution in [0.25, 0.3) is 0 Å². The summed E-state index contributed by atoms with van der Waals surface area (Å²) in [6.07, 6.45) is 7.19. The third kappa shape index (κ3) is 3.14. The van der Waals surface area contributed by atoms with Gasteiger partial charge in [-0.1, -0.05) is 19.3 Å². The molecule has 2 rings (SSSR count). The van der Waals surface area contributed by atoms with Gasteiger partial charge in [0, 0.05) is 6.04 Å². The van der Waals surface area contributed by atoms with E-state index in [1.165, 1.54) is 19.3 Å². The zero-order valence-electron chi connectivity index (χ0n) is 9.65. The molecule has 1 heterocycles. The first-order valence-electron chi connectivity index (χ1n) is 6.34. The molecule has 16 heavy (non-hydrogen) atoms. The number of aliphatic carboxylic acids is 1. The highest BCUT2D eigenvalue weighted by Crippen LogP contribution is 2.28. The van der Waals surface area contributed by atoms with Crippen LogP contribution < -0.4 is 5.32 Å². The molecule has 4 heteroatoms. The van der Waals surface area contributed by atoms with Crippen LogP contribution >= 0.6 is 11.8 Å². The normalized spacial score (nSPS) is 29.1. The summed E-state index contributed by atoms with van der Waals surface area (Å²) in [6.45, 7) is 0. The van der Waals surface area contributed by atoms with Gasteiger partial charge in [-0.05, 0) is 36.7 Å². The molecule has 1 saturated carbocycles. The molecule has 2 atom stereocenters. The maximum Gasteiger partial charge on any atom is 0.321 e. The molecule has 1 aliphatic carbocycles. The number of rotatable bonds is 4. The maximum absolute atomic E-state index is 11.3. The van der Waals surface area contributed by atoms with Gasteiger partial charge in [-0.2, -0.15) is 11.8 Å². The summed E-state index contributed by atoms with van der Waals surface area (Å²) in [5.41, 5.74) is 0. The fourth-order valence-electron chi connectivity index (χ4n) is 2.75. The molecular weight excluding hydrogens is 222 g/mol. The van der Waals surface area contributed by atoms with E-state index in [9.17, 15) is 9.90 Å². The van der Waals surface area contributed by atoms with Gasteiger partial charge in [0.2, 0.25) is 0 Å². The first-order valence-corrected chi connectivity index (χ1v) is 7.49. The average Bonchev–Trinajstić information content (AvgIpc) is 2.80. The molecule has 92 valence electrons. The minimum absolute atomic E-state index is 0.307. The van der Waals surface area contributed by atoms with Crippen LogP contribution in [0.3, 0.4) is 0 Å². The average molecular weight is 243 g/mol. The van der Waals surface area contributed by atoms with Gasteiger partial charge in [-0.3, -0.25) is 4.79 Å². The molecule has 2 aliphatic rings. The molecule has 0 aromatic heterocycles. The Hall–Kier alpha value is -0.220. The molecule has 0 spiro atoms. The molecule has 3 nitrogen and oxygen atoms in total. The fourth-order valence-corrected chi connectivity index (χ4v) is 4.05. The maximum atomic E-state index is 11.3. The van der Waals surface area contributed by atoms with Gasteiger partial charge >= 0.3 is 5.97 Å². The van der Waals surface area contributed by atoms with Crippen molar-refractivity contribution in [2.24, 2.45) is 5.92 Å². The molecule has 2 N–H and O–H groups in total. The van der Waals surface area contributed by atoms with E-state index in [0.717, 1.165) is 30.8 Å². The topological polar surface area (TPSA) is 49.3 Å². The fraction of sp³-hybridized carbons (Fsp3) is 0.917. The van der Waals surface area contributed by atoms with Crippen LogP contribution in [0.15, 0.2) is 0 Å². The molecule has 0 aromatic carbocycles. The Morgan fingerprint density at radius 3 is 2.56 bits per heavy atom. The monoisotopic (exact) mass is 243 g/mol. The van der Waals surface area contributed by atoms with E-state index in [1.54, 1.807) is 0 Å². The number of hydrogen-bond acceptors (Lipinski definition) is 3. The second-order valence-electron chi connectivity index (χ2n) is 4.94. The first-order chi connectivity index (χ1) is 7.77. The third-order valence-electron chi connectivity index (χ3n) is 3.72. The van der Waals surface area contributed by atoms with Crippen LogP contribution in [0.5, 0.6) is 0 Å². The summed E-state index contributed by atoms with van der Waals surface area (Å²) in [5, 5.41) is 12.7. The smallest absolute Gasteiger partial charge is 0.321 e. The van der Waals surface area contributed by atoms with Gasteiger partial charge < -0.3 is 10.4 Å². The lowest BCUT2D eigenvalue weighted by atomic mass is 9.92. The van der Waals surface area contributed by atoms with Gasteiger partial charge in [0.1, 0.15) is 6.04 Å². The van der Waals surface area contributed by atoms with Crippen LogP contribution in [0.2, 0.25) is 0 Å². The molecular formula is C12H21NO2S. The lowest BCUT2D eigenvalue weighted by Gasteiger charge is -2.29. The minimum atomic E-state index is -0.655. The lowest BCUT2D eigenvalue weighted by molar-refractivity contribution is -0.141. The van der Waals surface area contributed by atoms with Crippen LogP contribution in [0.4, 0.5) is 0 Å². The molecule has 2 unspecified atom stereocenters. The molecule has 0 aromatic rings. The van der Waals surface area contributed by atoms with E-state index >= 15 is 0 Å². The van der Waals surface area contributed by atoms with Crippen molar-refractivity contribution >= 4 is 17.7 Å². The zero-order chi connectivity index (χ0) is 11.4. The summed E-state index contributed by atoms with van der Waals surface area (Å²) in [7, 11) is 0. The minimum Gasteiger partial charge on any atom is -0.480 e. The third-order valence-corrected chi connectivity index (χ3v) is 4.91. The summed E-state index contributed by atoms with van der Waals surface area (Å²) in [4.78, 5) is 11.3. The predicted molar refractivity (Wildman–Crippen MR) is 66.9 cm³/mol. The van der Waals surface area contributed by atoms with Gasteiger partial charge in [0.15, 0.2) is 0 Å². The van der Waals surface area contributed by atoms with Crippen molar-refractivity contribution in [3.63, 3.8) is 0 Å². The molecule has 0 radical (unpaired) electrons. The van der Waals surface area contributed by atoms with Crippen LogP contribution in [-0.2, 0) is 4.79 Å². The Bertz CT molecular complexity index is 235. The Morgan fingerprint density at radius 1 is 1.25 bits per heavy atom. The molecule has 1 aliphatic heterocycles. The molecule has 1 saturated heterocycles. The molecule has 0 bridgehead atoms. The van der Waals surface area contributed by atoms with Crippen molar-refractivity contribution in [3.8, 4) is 0 Å². The van der Waals surface area contributed by atoms with Crippen LogP contribution in [0, 0.1) is 5.92 Å². The van der Waals surface area contributed by atoms with Gasteiger partial charge in [-0.15, -0.1) is 0 Å². The molecule has 2 fully saturated rings. The summed E-state index contributed by atoms with van der Waals surface area (Å²) in [5.74, 6) is 1.82. The summed E-state index contributed by atoms with van der Waals surface area (Å²) < 4.78 is 0. The molecule has 0 amide bonds. The first kappa shape index (κ1) is 12.2. The number of carboxylic acid groups (broad SMARTS) is 1. The zero-order valence-corrected chi connectivity index (χ0v) is 10.5. The highest BCUT2D eigenvalue weighted by molar-refractivity contribution is 7.99. The Morgan fingerprint density at radius 2 is 2.00 bits per heavy atom. The highest BCUT2D eigenvalue weighted by Gasteiger charge is 2.32. The van der Waals surface area contributed by atoms with Crippen molar-refractivity contribution in [2.45, 2.75) is 50.6 Å². The van der Waals surface area contributed by atoms with E-state index in [4.69, 9.17) is 0 Å². The van der Waals surface area contributed by atoms with Crippen LogP contribution in [-0.4, -0.2) is 34.7 Å². The highest BCUT2D eigenvalue weighted by atomic mass is 32.2. The van der Waals surface area contributed by atoms with E-state index in [0.29, 0.717) is 12.0 Å². The number of hydrogen-bond donors (Lipinski definition) is 2. The Balaban J connectivity index is 1.88. The van der Waals surface area contributed by atoms with E-state index in [2.05, 4.69) is 5.32 Å². The standard InChI is InChI=1S/C12H21NO2S/c14-12(15)11(9-6-7-16-8-9)13-10-4-2-1-3-5-10/h9-11,13H,1-8H2,(H,14,15). The van der Waals surface area contributed by atoms with Crippen molar-refractivity contribution < 1.29 is 9.90 Å². The number of carboxylic acids is 1. The second kappa shape index (κ2) is 5.92. The van der Waals surface area contributed by atoms with Crippen molar-refractivity contribution in [1.29, 1.82) is 0 Å². The predicted octanol–water partition coefficient (Wildman–Crippen LogP) is 2.11. The van der Waals surface area contributed by atoms with Crippen molar-refractivity contribution in [3.05, 3.63) is 0 Å². The van der Waals surface area contributed by atoms with Gasteiger partial charge in [0.25, 0.3) is 0 Å². The number of thioether (sulfide) groups is 1. The quantitative estimate of drug-likeness (QED) is 0.794. The van der Waals surface area contributed by atoms with Crippen LogP contribution in [0.1, 0.15) is 38.5 Å². The SMILES string of the molecule is O=C(O)C(NC1CCCCC1)C1CCSC1. The Labute approximate surface area is 101 Å². The van der Waals surface area contributed by atoms with Crippen molar-refractivity contribution in [2.75, 3.05) is 11.5 Å². The summed E-state index contributed by atoms with van der Waals surface area (Å²) >= 11 is 1.89. The summed E-state index contributed by atoms with van der Waals surface area (Å²) in [6, 6.07) is 0.138. The number of carbonyl (C=O) groups is 1.